The Morgan fingerprint density at radius 1 is 1.22 bits per heavy atom. The van der Waals surface area contributed by atoms with Crippen LogP contribution in [0.1, 0.15) is 19.8 Å². The Kier molecular flexibility index (Phi) is 3.48. The minimum atomic E-state index is -0.106. The highest BCUT2D eigenvalue weighted by molar-refractivity contribution is 5.97. The summed E-state index contributed by atoms with van der Waals surface area (Å²) < 4.78 is 11.3. The van der Waals surface area contributed by atoms with Crippen LogP contribution in [0, 0.1) is 11.3 Å². The number of ether oxygens (including phenoxy) is 2. The summed E-state index contributed by atoms with van der Waals surface area (Å²) in [6, 6.07) is 6.21. The number of rotatable bonds is 1. The average Bonchev–Trinajstić information content (AvgIpc) is 2.66. The van der Waals surface area contributed by atoms with Crippen molar-refractivity contribution in [2.75, 3.05) is 49.8 Å². The van der Waals surface area contributed by atoms with Gasteiger partial charge >= 0.3 is 0 Å². The van der Waals surface area contributed by atoms with E-state index in [-0.39, 0.29) is 11.8 Å². The monoisotopic (exact) mass is 316 g/mol. The van der Waals surface area contributed by atoms with Crippen LogP contribution >= 0.6 is 0 Å². The standard InChI is InChI=1S/C18H24N2O3/c1-13-10-23-16-4-3-14(9-15(16)19(2)17(13)21)20-11-18(12-20)5-7-22-8-6-18/h3-4,9,13H,5-8,10-12H2,1-2H3/t13-/m0/s1. The van der Waals surface area contributed by atoms with Gasteiger partial charge in [-0.15, -0.1) is 0 Å². The molecule has 2 saturated heterocycles. The molecule has 1 amide bonds. The van der Waals surface area contributed by atoms with Crippen LogP contribution in [-0.2, 0) is 9.53 Å². The third-order valence-electron chi connectivity index (χ3n) is 5.52. The number of carbonyl (C=O) groups excluding carboxylic acids is 1. The molecular weight excluding hydrogens is 292 g/mol. The van der Waals surface area contributed by atoms with Gasteiger partial charge in [0.1, 0.15) is 5.75 Å². The zero-order valence-corrected chi connectivity index (χ0v) is 13.9. The number of benzene rings is 1. The molecule has 0 aromatic heterocycles. The highest BCUT2D eigenvalue weighted by Gasteiger charge is 2.44. The van der Waals surface area contributed by atoms with Crippen LogP contribution in [-0.4, -0.2) is 45.9 Å². The van der Waals surface area contributed by atoms with Crippen LogP contribution in [0.15, 0.2) is 18.2 Å². The molecule has 0 unspecified atom stereocenters. The zero-order valence-electron chi connectivity index (χ0n) is 13.9. The van der Waals surface area contributed by atoms with Crippen molar-refractivity contribution in [3.05, 3.63) is 18.2 Å². The summed E-state index contributed by atoms with van der Waals surface area (Å²) in [5.41, 5.74) is 2.50. The van der Waals surface area contributed by atoms with E-state index in [4.69, 9.17) is 9.47 Å². The Morgan fingerprint density at radius 3 is 2.70 bits per heavy atom. The first kappa shape index (κ1) is 14.8. The van der Waals surface area contributed by atoms with E-state index in [0.29, 0.717) is 12.0 Å². The van der Waals surface area contributed by atoms with Crippen molar-refractivity contribution < 1.29 is 14.3 Å². The molecular formula is C18H24N2O3. The van der Waals surface area contributed by atoms with Gasteiger partial charge in [-0.1, -0.05) is 6.92 Å². The van der Waals surface area contributed by atoms with Gasteiger partial charge in [0.15, 0.2) is 0 Å². The van der Waals surface area contributed by atoms with Gasteiger partial charge in [-0.2, -0.15) is 0 Å². The number of fused-ring (bicyclic) bond motifs is 1. The number of nitrogens with zero attached hydrogens (tertiary/aromatic N) is 2. The lowest BCUT2D eigenvalue weighted by Gasteiger charge is -2.53. The first-order valence-corrected chi connectivity index (χ1v) is 8.45. The molecule has 3 heterocycles. The molecule has 1 atom stereocenters. The quantitative estimate of drug-likeness (QED) is 0.797. The van der Waals surface area contributed by atoms with Crippen molar-refractivity contribution in [3.8, 4) is 5.75 Å². The summed E-state index contributed by atoms with van der Waals surface area (Å²) in [6.45, 7) is 6.31. The molecule has 0 radical (unpaired) electrons. The second-order valence-electron chi connectivity index (χ2n) is 7.23. The lowest BCUT2D eigenvalue weighted by atomic mass is 9.73. The fourth-order valence-electron chi connectivity index (χ4n) is 3.89. The molecule has 1 spiro atoms. The molecule has 3 aliphatic heterocycles. The fraction of sp³-hybridized carbons (Fsp3) is 0.611. The Balaban J connectivity index is 1.55. The van der Waals surface area contributed by atoms with Gasteiger partial charge in [-0.05, 0) is 31.0 Å². The Morgan fingerprint density at radius 2 is 1.96 bits per heavy atom. The maximum Gasteiger partial charge on any atom is 0.233 e. The molecule has 2 fully saturated rings. The second-order valence-corrected chi connectivity index (χ2v) is 7.23. The van der Waals surface area contributed by atoms with Crippen LogP contribution in [0.5, 0.6) is 5.75 Å². The van der Waals surface area contributed by atoms with Gasteiger partial charge in [-0.25, -0.2) is 0 Å². The van der Waals surface area contributed by atoms with E-state index < -0.39 is 0 Å². The van der Waals surface area contributed by atoms with E-state index in [1.807, 2.05) is 20.0 Å². The minimum Gasteiger partial charge on any atom is -0.491 e. The second kappa shape index (κ2) is 5.41. The largest absolute Gasteiger partial charge is 0.491 e. The zero-order chi connectivity index (χ0) is 16.0. The van der Waals surface area contributed by atoms with Crippen molar-refractivity contribution in [1.82, 2.24) is 0 Å². The van der Waals surface area contributed by atoms with Gasteiger partial charge < -0.3 is 19.3 Å². The Bertz CT molecular complexity index is 617. The predicted octanol–water partition coefficient (Wildman–Crippen LogP) is 2.29. The molecule has 0 bridgehead atoms. The normalized spacial score (nSPS) is 26.3. The number of amides is 1. The summed E-state index contributed by atoms with van der Waals surface area (Å²) in [5.74, 6) is 0.811. The van der Waals surface area contributed by atoms with Crippen LogP contribution in [0.3, 0.4) is 0 Å². The van der Waals surface area contributed by atoms with Crippen molar-refractivity contribution in [2.45, 2.75) is 19.8 Å². The molecule has 0 aliphatic carbocycles. The molecule has 23 heavy (non-hydrogen) atoms. The van der Waals surface area contributed by atoms with Crippen molar-refractivity contribution in [1.29, 1.82) is 0 Å². The van der Waals surface area contributed by atoms with Crippen molar-refractivity contribution >= 4 is 17.3 Å². The van der Waals surface area contributed by atoms with E-state index in [1.165, 1.54) is 5.69 Å². The van der Waals surface area contributed by atoms with E-state index in [0.717, 1.165) is 50.6 Å². The number of hydrogen-bond donors (Lipinski definition) is 0. The average molecular weight is 316 g/mol. The van der Waals surface area contributed by atoms with Gasteiger partial charge in [0.05, 0.1) is 18.2 Å². The van der Waals surface area contributed by atoms with Crippen LogP contribution in [0.4, 0.5) is 11.4 Å². The maximum absolute atomic E-state index is 12.3. The smallest absolute Gasteiger partial charge is 0.233 e. The summed E-state index contributed by atoms with van der Waals surface area (Å²) >= 11 is 0. The SMILES string of the molecule is C[C@H]1COc2ccc(N3CC4(CCOCC4)C3)cc2N(C)C1=O. The molecule has 5 heteroatoms. The predicted molar refractivity (Wildman–Crippen MR) is 89.2 cm³/mol. The van der Waals surface area contributed by atoms with E-state index in [1.54, 1.807) is 4.90 Å². The van der Waals surface area contributed by atoms with Gasteiger partial charge in [0, 0.05) is 44.5 Å². The summed E-state index contributed by atoms with van der Waals surface area (Å²) in [5, 5.41) is 0. The Hall–Kier alpha value is -1.75. The first-order valence-electron chi connectivity index (χ1n) is 8.45. The number of anilines is 2. The highest BCUT2D eigenvalue weighted by Crippen LogP contribution is 2.44. The highest BCUT2D eigenvalue weighted by atomic mass is 16.5. The van der Waals surface area contributed by atoms with Gasteiger partial charge in [0.2, 0.25) is 5.91 Å². The van der Waals surface area contributed by atoms with E-state index >= 15 is 0 Å². The number of hydrogen-bond acceptors (Lipinski definition) is 4. The molecule has 1 aromatic rings. The Labute approximate surface area is 137 Å². The lowest BCUT2D eigenvalue weighted by Crippen LogP contribution is -2.58. The van der Waals surface area contributed by atoms with Crippen molar-refractivity contribution in [2.24, 2.45) is 11.3 Å². The molecule has 1 aromatic carbocycles. The number of carbonyl (C=O) groups is 1. The molecule has 5 nitrogen and oxygen atoms in total. The first-order chi connectivity index (χ1) is 11.1. The lowest BCUT2D eigenvalue weighted by molar-refractivity contribution is -0.122. The maximum atomic E-state index is 12.3. The summed E-state index contributed by atoms with van der Waals surface area (Å²) in [7, 11) is 1.84. The molecule has 0 saturated carbocycles. The minimum absolute atomic E-state index is 0.106. The van der Waals surface area contributed by atoms with Gasteiger partial charge in [0.25, 0.3) is 0 Å². The third-order valence-corrected chi connectivity index (χ3v) is 5.52. The molecule has 4 rings (SSSR count). The fourth-order valence-corrected chi connectivity index (χ4v) is 3.89. The topological polar surface area (TPSA) is 42.0 Å². The van der Waals surface area contributed by atoms with Crippen LogP contribution in [0.2, 0.25) is 0 Å². The van der Waals surface area contributed by atoms with Crippen LogP contribution < -0.4 is 14.5 Å². The van der Waals surface area contributed by atoms with Gasteiger partial charge in [-0.3, -0.25) is 4.79 Å². The molecule has 3 aliphatic rings. The summed E-state index contributed by atoms with van der Waals surface area (Å²) in [4.78, 5) is 16.5. The molecule has 124 valence electrons. The van der Waals surface area contributed by atoms with E-state index in [9.17, 15) is 4.79 Å². The van der Waals surface area contributed by atoms with Crippen LogP contribution in [0.25, 0.3) is 0 Å². The van der Waals surface area contributed by atoms with Crippen molar-refractivity contribution in [3.63, 3.8) is 0 Å². The third kappa shape index (κ3) is 2.47. The molecule has 0 N–H and O–H groups in total. The van der Waals surface area contributed by atoms with E-state index in [2.05, 4.69) is 17.0 Å². The summed E-state index contributed by atoms with van der Waals surface area (Å²) in [6.07, 6.45) is 2.32.